The fourth-order valence-corrected chi connectivity index (χ4v) is 2.55. The molecule has 0 bridgehead atoms. The van der Waals surface area contributed by atoms with Crippen molar-refractivity contribution in [1.82, 2.24) is 4.90 Å². The SMILES string of the molecule is COc1c(Br)cc(Br)cc1C(=O)N(C)C. The molecule has 0 atom stereocenters. The first-order valence-corrected chi connectivity index (χ1v) is 5.80. The zero-order valence-electron chi connectivity index (χ0n) is 8.67. The number of nitrogens with zero attached hydrogens (tertiary/aromatic N) is 1. The summed E-state index contributed by atoms with van der Waals surface area (Å²) in [6.07, 6.45) is 0. The van der Waals surface area contributed by atoms with E-state index in [0.29, 0.717) is 11.3 Å². The van der Waals surface area contributed by atoms with Gasteiger partial charge in [-0.3, -0.25) is 4.79 Å². The number of hydrogen-bond donors (Lipinski definition) is 0. The largest absolute Gasteiger partial charge is 0.495 e. The quantitative estimate of drug-likeness (QED) is 0.831. The van der Waals surface area contributed by atoms with E-state index in [1.54, 1.807) is 27.3 Å². The van der Waals surface area contributed by atoms with Crippen molar-refractivity contribution in [3.8, 4) is 5.75 Å². The predicted molar refractivity (Wildman–Crippen MR) is 66.4 cm³/mol. The molecule has 0 aliphatic carbocycles. The predicted octanol–water partition coefficient (Wildman–Crippen LogP) is 2.92. The Kier molecular flexibility index (Phi) is 4.16. The molecule has 5 heteroatoms. The van der Waals surface area contributed by atoms with Crippen LogP contribution in [-0.4, -0.2) is 32.0 Å². The summed E-state index contributed by atoms with van der Waals surface area (Å²) in [7, 11) is 4.95. The van der Waals surface area contributed by atoms with E-state index in [1.165, 1.54) is 4.90 Å². The lowest BCUT2D eigenvalue weighted by molar-refractivity contribution is 0.0824. The topological polar surface area (TPSA) is 29.5 Å². The van der Waals surface area contributed by atoms with Crippen molar-refractivity contribution in [2.75, 3.05) is 21.2 Å². The molecule has 15 heavy (non-hydrogen) atoms. The third-order valence-corrected chi connectivity index (χ3v) is 2.90. The molecule has 3 nitrogen and oxygen atoms in total. The van der Waals surface area contributed by atoms with Crippen molar-refractivity contribution in [3.63, 3.8) is 0 Å². The van der Waals surface area contributed by atoms with Crippen LogP contribution in [0.15, 0.2) is 21.1 Å². The van der Waals surface area contributed by atoms with E-state index < -0.39 is 0 Å². The lowest BCUT2D eigenvalue weighted by Crippen LogP contribution is -2.22. The molecule has 0 aliphatic heterocycles. The van der Waals surface area contributed by atoms with Crippen molar-refractivity contribution in [2.45, 2.75) is 0 Å². The monoisotopic (exact) mass is 335 g/mol. The third kappa shape index (κ3) is 2.72. The first-order chi connectivity index (χ1) is 6.97. The van der Waals surface area contributed by atoms with Crippen LogP contribution in [0.5, 0.6) is 5.75 Å². The van der Waals surface area contributed by atoms with Crippen molar-refractivity contribution in [1.29, 1.82) is 0 Å². The van der Waals surface area contributed by atoms with Crippen LogP contribution in [0.2, 0.25) is 0 Å². The number of carbonyl (C=O) groups excluding carboxylic acids is 1. The maximum Gasteiger partial charge on any atom is 0.257 e. The van der Waals surface area contributed by atoms with E-state index >= 15 is 0 Å². The van der Waals surface area contributed by atoms with Crippen molar-refractivity contribution in [3.05, 3.63) is 26.6 Å². The molecule has 0 aliphatic rings. The zero-order chi connectivity index (χ0) is 11.6. The molecular weight excluding hydrogens is 326 g/mol. The lowest BCUT2D eigenvalue weighted by Gasteiger charge is -2.14. The van der Waals surface area contributed by atoms with Crippen LogP contribution >= 0.6 is 31.9 Å². The standard InChI is InChI=1S/C10H11Br2NO2/c1-13(2)10(14)7-4-6(11)5-8(12)9(7)15-3/h4-5H,1-3H3. The van der Waals surface area contributed by atoms with E-state index in [0.717, 1.165) is 8.95 Å². The lowest BCUT2D eigenvalue weighted by atomic mass is 10.2. The number of halogens is 2. The molecule has 0 radical (unpaired) electrons. The Balaban J connectivity index is 3.32. The molecule has 0 heterocycles. The van der Waals surface area contributed by atoms with Crippen LogP contribution in [-0.2, 0) is 0 Å². The molecule has 0 N–H and O–H groups in total. The molecular formula is C10H11Br2NO2. The van der Waals surface area contributed by atoms with Gasteiger partial charge in [0.05, 0.1) is 17.1 Å². The number of methoxy groups -OCH3 is 1. The summed E-state index contributed by atoms with van der Waals surface area (Å²) < 4.78 is 6.78. The Labute approximate surface area is 106 Å². The van der Waals surface area contributed by atoms with Crippen LogP contribution in [0.25, 0.3) is 0 Å². The fourth-order valence-electron chi connectivity index (χ4n) is 1.17. The summed E-state index contributed by atoms with van der Waals surface area (Å²) in [5.41, 5.74) is 0.531. The highest BCUT2D eigenvalue weighted by Crippen LogP contribution is 2.33. The highest BCUT2D eigenvalue weighted by molar-refractivity contribution is 9.11. The second kappa shape index (κ2) is 4.99. The van der Waals surface area contributed by atoms with Gasteiger partial charge in [-0.15, -0.1) is 0 Å². The van der Waals surface area contributed by atoms with E-state index in [4.69, 9.17) is 4.74 Å². The van der Waals surface area contributed by atoms with Gasteiger partial charge in [-0.1, -0.05) is 15.9 Å². The first-order valence-electron chi connectivity index (χ1n) is 4.22. The number of rotatable bonds is 2. The summed E-state index contributed by atoms with van der Waals surface area (Å²) >= 11 is 6.69. The molecule has 1 aromatic rings. The second-order valence-corrected chi connectivity index (χ2v) is 4.94. The van der Waals surface area contributed by atoms with E-state index in [2.05, 4.69) is 31.9 Å². The van der Waals surface area contributed by atoms with Gasteiger partial charge in [0.2, 0.25) is 0 Å². The Bertz CT molecular complexity index is 391. The van der Waals surface area contributed by atoms with Crippen LogP contribution in [0.1, 0.15) is 10.4 Å². The molecule has 0 unspecified atom stereocenters. The average molecular weight is 337 g/mol. The summed E-state index contributed by atoms with van der Waals surface area (Å²) in [6, 6.07) is 3.58. The Morgan fingerprint density at radius 1 is 1.33 bits per heavy atom. The van der Waals surface area contributed by atoms with Crippen molar-refractivity contribution in [2.24, 2.45) is 0 Å². The molecule has 0 fully saturated rings. The zero-order valence-corrected chi connectivity index (χ0v) is 11.8. The second-order valence-electron chi connectivity index (χ2n) is 3.17. The van der Waals surface area contributed by atoms with Crippen LogP contribution in [0.3, 0.4) is 0 Å². The number of carbonyl (C=O) groups is 1. The summed E-state index contributed by atoms with van der Waals surface area (Å²) in [5, 5.41) is 0. The molecule has 1 aromatic carbocycles. The molecule has 0 spiro atoms. The van der Waals surface area contributed by atoms with Crippen LogP contribution < -0.4 is 4.74 Å². The molecule has 0 saturated heterocycles. The average Bonchev–Trinajstić information content (AvgIpc) is 2.15. The third-order valence-electron chi connectivity index (χ3n) is 1.85. The first kappa shape index (κ1) is 12.5. The number of ether oxygens (including phenoxy) is 1. The van der Waals surface area contributed by atoms with Gasteiger partial charge in [-0.05, 0) is 28.1 Å². The molecule has 0 saturated carbocycles. The minimum atomic E-state index is -0.0890. The van der Waals surface area contributed by atoms with Crippen LogP contribution in [0, 0.1) is 0 Å². The number of hydrogen-bond acceptors (Lipinski definition) is 2. The fraction of sp³-hybridized carbons (Fsp3) is 0.300. The summed E-state index contributed by atoms with van der Waals surface area (Å²) in [5.74, 6) is 0.464. The van der Waals surface area contributed by atoms with E-state index in [9.17, 15) is 4.79 Å². The summed E-state index contributed by atoms with van der Waals surface area (Å²) in [6.45, 7) is 0. The van der Waals surface area contributed by atoms with Crippen LogP contribution in [0.4, 0.5) is 0 Å². The van der Waals surface area contributed by atoms with Gasteiger partial charge in [0.1, 0.15) is 5.75 Å². The minimum absolute atomic E-state index is 0.0890. The Morgan fingerprint density at radius 3 is 2.40 bits per heavy atom. The highest BCUT2D eigenvalue weighted by atomic mass is 79.9. The molecule has 1 amide bonds. The Morgan fingerprint density at radius 2 is 1.93 bits per heavy atom. The maximum absolute atomic E-state index is 11.8. The molecule has 0 aromatic heterocycles. The van der Waals surface area contributed by atoms with E-state index in [-0.39, 0.29) is 5.91 Å². The van der Waals surface area contributed by atoms with Gasteiger partial charge in [0.15, 0.2) is 0 Å². The normalized spacial score (nSPS) is 9.93. The van der Waals surface area contributed by atoms with Gasteiger partial charge in [-0.25, -0.2) is 0 Å². The number of benzene rings is 1. The minimum Gasteiger partial charge on any atom is -0.495 e. The van der Waals surface area contributed by atoms with Gasteiger partial charge >= 0.3 is 0 Å². The van der Waals surface area contributed by atoms with Gasteiger partial charge in [0, 0.05) is 18.6 Å². The van der Waals surface area contributed by atoms with Gasteiger partial charge < -0.3 is 9.64 Å². The van der Waals surface area contributed by atoms with Crippen molar-refractivity contribution >= 4 is 37.8 Å². The maximum atomic E-state index is 11.8. The van der Waals surface area contributed by atoms with Gasteiger partial charge in [0.25, 0.3) is 5.91 Å². The van der Waals surface area contributed by atoms with Gasteiger partial charge in [-0.2, -0.15) is 0 Å². The summed E-state index contributed by atoms with van der Waals surface area (Å²) in [4.78, 5) is 13.3. The van der Waals surface area contributed by atoms with E-state index in [1.807, 2.05) is 6.07 Å². The molecule has 82 valence electrons. The molecule has 1 rings (SSSR count). The number of amides is 1. The highest BCUT2D eigenvalue weighted by Gasteiger charge is 2.17. The Hall–Kier alpha value is -0.550. The smallest absolute Gasteiger partial charge is 0.257 e. The van der Waals surface area contributed by atoms with Crippen molar-refractivity contribution < 1.29 is 9.53 Å².